The molecule has 1 spiro atoms. The van der Waals surface area contributed by atoms with Gasteiger partial charge in [-0.3, -0.25) is 9.69 Å². The summed E-state index contributed by atoms with van der Waals surface area (Å²) in [6.45, 7) is 2.76. The van der Waals surface area contributed by atoms with Gasteiger partial charge in [-0.05, 0) is 61.3 Å². The van der Waals surface area contributed by atoms with Crippen LogP contribution in [0.2, 0.25) is 0 Å². The van der Waals surface area contributed by atoms with Crippen molar-refractivity contribution in [1.29, 1.82) is 0 Å². The number of hydrogen-bond acceptors (Lipinski definition) is 5. The molecule has 2 aliphatic rings. The Kier molecular flexibility index (Phi) is 5.95. The molecule has 0 unspecified atom stereocenters. The normalized spacial score (nSPS) is 20.9. The van der Waals surface area contributed by atoms with Crippen LogP contribution in [0.3, 0.4) is 0 Å². The summed E-state index contributed by atoms with van der Waals surface area (Å²) >= 11 is 0. The average molecular weight is 483 g/mol. The van der Waals surface area contributed by atoms with Gasteiger partial charge in [-0.2, -0.15) is 5.10 Å². The first-order valence-corrected chi connectivity index (χ1v) is 12.5. The van der Waals surface area contributed by atoms with Gasteiger partial charge in [0.1, 0.15) is 0 Å². The first-order chi connectivity index (χ1) is 17.7. The SMILES string of the molecule is CO[C@H]1[C@H](NC(=O)c2ccco2)c2ccccc2C12CCN(Cc1cnn(-c3ccccc3)c1)CC2. The third-order valence-electron chi connectivity index (χ3n) is 7.78. The van der Waals surface area contributed by atoms with Gasteiger partial charge in [-0.15, -0.1) is 0 Å². The number of nitrogens with zero attached hydrogens (tertiary/aromatic N) is 3. The third-order valence-corrected chi connectivity index (χ3v) is 7.78. The number of rotatable bonds is 6. The van der Waals surface area contributed by atoms with E-state index in [1.807, 2.05) is 35.1 Å². The van der Waals surface area contributed by atoms with Crippen LogP contribution in [0.25, 0.3) is 5.69 Å². The van der Waals surface area contributed by atoms with Gasteiger partial charge >= 0.3 is 0 Å². The van der Waals surface area contributed by atoms with E-state index in [4.69, 9.17) is 9.15 Å². The van der Waals surface area contributed by atoms with Crippen molar-refractivity contribution >= 4 is 5.91 Å². The Hall–Kier alpha value is -3.68. The molecule has 1 aliphatic heterocycles. The number of aromatic nitrogens is 2. The molecule has 4 aromatic rings. The van der Waals surface area contributed by atoms with Crippen LogP contribution in [-0.4, -0.2) is 46.9 Å². The Morgan fingerprint density at radius 1 is 1.08 bits per heavy atom. The molecule has 0 bridgehead atoms. The van der Waals surface area contributed by atoms with Crippen molar-refractivity contribution in [2.45, 2.75) is 36.9 Å². The molecule has 7 heteroatoms. The molecule has 6 rings (SSSR count). The Morgan fingerprint density at radius 2 is 1.86 bits per heavy atom. The van der Waals surface area contributed by atoms with E-state index in [0.717, 1.165) is 43.7 Å². The number of nitrogens with one attached hydrogen (secondary N) is 1. The second-order valence-corrected chi connectivity index (χ2v) is 9.73. The lowest BCUT2D eigenvalue weighted by molar-refractivity contribution is -0.0124. The predicted molar refractivity (Wildman–Crippen MR) is 136 cm³/mol. The largest absolute Gasteiger partial charge is 0.459 e. The summed E-state index contributed by atoms with van der Waals surface area (Å²) in [7, 11) is 1.76. The zero-order valence-electron chi connectivity index (χ0n) is 20.3. The molecular formula is C29H30N4O3. The quantitative estimate of drug-likeness (QED) is 0.438. The van der Waals surface area contributed by atoms with Crippen molar-refractivity contribution in [2.24, 2.45) is 0 Å². The topological polar surface area (TPSA) is 72.5 Å². The molecule has 7 nitrogen and oxygen atoms in total. The number of carbonyl (C=O) groups excluding carboxylic acids is 1. The average Bonchev–Trinajstić information content (AvgIpc) is 3.67. The van der Waals surface area contributed by atoms with E-state index >= 15 is 0 Å². The predicted octanol–water partition coefficient (Wildman–Crippen LogP) is 4.50. The van der Waals surface area contributed by atoms with E-state index in [9.17, 15) is 4.79 Å². The lowest BCUT2D eigenvalue weighted by Gasteiger charge is -2.44. The fourth-order valence-corrected chi connectivity index (χ4v) is 6.08. The summed E-state index contributed by atoms with van der Waals surface area (Å²) in [6.07, 6.45) is 7.37. The van der Waals surface area contributed by atoms with Gasteiger partial charge in [0.2, 0.25) is 0 Å². The number of piperidine rings is 1. The van der Waals surface area contributed by atoms with E-state index in [1.165, 1.54) is 17.4 Å². The van der Waals surface area contributed by atoms with E-state index in [0.29, 0.717) is 5.76 Å². The third kappa shape index (κ3) is 3.94. The second-order valence-electron chi connectivity index (χ2n) is 9.73. The number of fused-ring (bicyclic) bond motifs is 2. The van der Waals surface area contributed by atoms with Crippen LogP contribution < -0.4 is 5.32 Å². The van der Waals surface area contributed by atoms with Crippen LogP contribution in [-0.2, 0) is 16.7 Å². The summed E-state index contributed by atoms with van der Waals surface area (Å²) in [5.41, 5.74) is 4.56. The highest BCUT2D eigenvalue weighted by Crippen LogP contribution is 2.52. The smallest absolute Gasteiger partial charge is 0.287 e. The molecule has 1 fully saturated rings. The van der Waals surface area contributed by atoms with Crippen molar-refractivity contribution < 1.29 is 13.9 Å². The summed E-state index contributed by atoms with van der Waals surface area (Å²) < 4.78 is 13.4. The molecule has 2 atom stereocenters. The molecule has 1 aliphatic carbocycles. The zero-order chi connectivity index (χ0) is 24.5. The van der Waals surface area contributed by atoms with Gasteiger partial charge in [0, 0.05) is 30.8 Å². The first kappa shape index (κ1) is 22.8. The van der Waals surface area contributed by atoms with Crippen LogP contribution in [0.4, 0.5) is 0 Å². The van der Waals surface area contributed by atoms with Gasteiger partial charge in [-0.25, -0.2) is 4.68 Å². The van der Waals surface area contributed by atoms with Crippen LogP contribution in [0.1, 0.15) is 46.1 Å². The fourth-order valence-electron chi connectivity index (χ4n) is 6.08. The molecule has 0 radical (unpaired) electrons. The van der Waals surface area contributed by atoms with Gasteiger partial charge in [0.15, 0.2) is 5.76 Å². The lowest BCUT2D eigenvalue weighted by Crippen LogP contribution is -2.50. The maximum Gasteiger partial charge on any atom is 0.287 e. The number of likely N-dealkylation sites (tertiary alicyclic amines) is 1. The maximum absolute atomic E-state index is 12.9. The summed E-state index contributed by atoms with van der Waals surface area (Å²) in [5.74, 6) is 0.0981. The number of furan rings is 1. The molecular weight excluding hydrogens is 452 g/mol. The molecule has 1 amide bonds. The van der Waals surface area contributed by atoms with Crippen LogP contribution >= 0.6 is 0 Å². The zero-order valence-corrected chi connectivity index (χ0v) is 20.3. The minimum absolute atomic E-state index is 0.142. The summed E-state index contributed by atoms with van der Waals surface area (Å²) in [4.78, 5) is 15.4. The Labute approximate surface area is 210 Å². The van der Waals surface area contributed by atoms with E-state index in [-0.39, 0.29) is 23.5 Å². The summed E-state index contributed by atoms with van der Waals surface area (Å²) in [5, 5.41) is 7.76. The molecule has 0 saturated carbocycles. The molecule has 3 heterocycles. The number of carbonyl (C=O) groups is 1. The van der Waals surface area contributed by atoms with Gasteiger partial charge < -0.3 is 14.5 Å². The molecule has 2 aromatic heterocycles. The number of ether oxygens (including phenoxy) is 1. The second kappa shape index (κ2) is 9.41. The molecule has 36 heavy (non-hydrogen) atoms. The number of hydrogen-bond donors (Lipinski definition) is 1. The minimum atomic E-state index is -0.223. The fraction of sp³-hybridized carbons (Fsp3) is 0.310. The van der Waals surface area contributed by atoms with Crippen LogP contribution in [0, 0.1) is 0 Å². The number of para-hydroxylation sites is 1. The van der Waals surface area contributed by atoms with Crippen molar-refractivity contribution in [3.8, 4) is 5.69 Å². The molecule has 184 valence electrons. The highest BCUT2D eigenvalue weighted by molar-refractivity contribution is 5.91. The van der Waals surface area contributed by atoms with E-state index in [1.54, 1.807) is 19.2 Å². The van der Waals surface area contributed by atoms with Crippen molar-refractivity contribution in [1.82, 2.24) is 20.0 Å². The summed E-state index contributed by atoms with van der Waals surface area (Å²) in [6, 6.07) is 21.8. The van der Waals surface area contributed by atoms with Gasteiger partial charge in [-0.1, -0.05) is 42.5 Å². The Morgan fingerprint density at radius 3 is 2.61 bits per heavy atom. The van der Waals surface area contributed by atoms with Gasteiger partial charge in [0.05, 0.1) is 30.3 Å². The van der Waals surface area contributed by atoms with Crippen LogP contribution in [0.15, 0.2) is 89.8 Å². The molecule has 2 aromatic carbocycles. The van der Waals surface area contributed by atoms with Crippen LogP contribution in [0.5, 0.6) is 0 Å². The van der Waals surface area contributed by atoms with E-state index in [2.05, 4.69) is 51.8 Å². The monoisotopic (exact) mass is 482 g/mol. The van der Waals surface area contributed by atoms with E-state index < -0.39 is 0 Å². The first-order valence-electron chi connectivity index (χ1n) is 12.5. The number of benzene rings is 2. The standard InChI is InChI=1S/C29H30N4O3/c1-35-27-26(31-28(34)25-12-7-17-36-25)23-10-5-6-11-24(23)29(27)13-15-32(16-14-29)19-21-18-30-33(20-21)22-8-3-2-4-9-22/h2-12,17-18,20,26-27H,13-16,19H2,1H3,(H,31,34)/t26-,27+/m1/s1. The molecule has 1 saturated heterocycles. The lowest BCUT2D eigenvalue weighted by atomic mass is 9.72. The van der Waals surface area contributed by atoms with Gasteiger partial charge in [0.25, 0.3) is 5.91 Å². The van der Waals surface area contributed by atoms with Crippen molar-refractivity contribution in [3.63, 3.8) is 0 Å². The highest BCUT2D eigenvalue weighted by atomic mass is 16.5. The van der Waals surface area contributed by atoms with Crippen molar-refractivity contribution in [3.05, 3.63) is 108 Å². The Bertz CT molecular complexity index is 1320. The highest BCUT2D eigenvalue weighted by Gasteiger charge is 2.54. The van der Waals surface area contributed by atoms with Crippen molar-refractivity contribution in [2.75, 3.05) is 20.2 Å². The number of amides is 1. The molecule has 1 N–H and O–H groups in total. The Balaban J connectivity index is 1.19. The number of methoxy groups -OCH3 is 1. The minimum Gasteiger partial charge on any atom is -0.459 e. The maximum atomic E-state index is 12.9.